The number of hydrogen-bond acceptors (Lipinski definition) is 3. The van der Waals surface area contributed by atoms with E-state index >= 15 is 0 Å². The lowest BCUT2D eigenvalue weighted by atomic mass is 10.3. The lowest BCUT2D eigenvalue weighted by Gasteiger charge is -2.10. The van der Waals surface area contributed by atoms with E-state index in [4.69, 9.17) is 37.4 Å². The largest absolute Gasteiger partial charge is 0.494 e. The first-order valence-electron chi connectivity index (χ1n) is 6.63. The summed E-state index contributed by atoms with van der Waals surface area (Å²) >= 11 is 11.9. The van der Waals surface area contributed by atoms with E-state index in [0.717, 1.165) is 11.5 Å². The molecule has 5 heteroatoms. The van der Waals surface area contributed by atoms with Crippen LogP contribution >= 0.6 is 23.2 Å². The van der Waals surface area contributed by atoms with Crippen LogP contribution in [-0.4, -0.2) is 19.8 Å². The number of halogens is 2. The molecular formula is C16H16Cl2O3. The second kappa shape index (κ2) is 8.01. The zero-order valence-electron chi connectivity index (χ0n) is 11.6. The van der Waals surface area contributed by atoms with Crippen molar-refractivity contribution in [1.82, 2.24) is 0 Å². The average Bonchev–Trinajstić information content (AvgIpc) is 2.50. The normalized spacial score (nSPS) is 10.2. The number of ether oxygens (including phenoxy) is 3. The van der Waals surface area contributed by atoms with Gasteiger partial charge >= 0.3 is 0 Å². The Morgan fingerprint density at radius 2 is 1.43 bits per heavy atom. The summed E-state index contributed by atoms with van der Waals surface area (Å²) in [6.07, 6.45) is 0. The predicted octanol–water partition coefficient (Wildman–Crippen LogP) is 4.85. The van der Waals surface area contributed by atoms with Crippen LogP contribution in [0.5, 0.6) is 17.2 Å². The van der Waals surface area contributed by atoms with Gasteiger partial charge in [-0.1, -0.05) is 29.3 Å². The minimum absolute atomic E-state index is 0.382. The van der Waals surface area contributed by atoms with Crippen molar-refractivity contribution >= 4 is 23.2 Å². The van der Waals surface area contributed by atoms with Crippen molar-refractivity contribution in [1.29, 1.82) is 0 Å². The van der Waals surface area contributed by atoms with Gasteiger partial charge in [-0.15, -0.1) is 0 Å². The molecule has 0 saturated heterocycles. The summed E-state index contributed by atoms with van der Waals surface area (Å²) in [5, 5.41) is 0.891. The Morgan fingerprint density at radius 3 is 2.10 bits per heavy atom. The van der Waals surface area contributed by atoms with E-state index in [2.05, 4.69) is 0 Å². The summed E-state index contributed by atoms with van der Waals surface area (Å²) in [5.74, 6) is 2.14. The summed E-state index contributed by atoms with van der Waals surface area (Å²) in [6, 6.07) is 12.7. The van der Waals surface area contributed by atoms with E-state index in [1.165, 1.54) is 0 Å². The molecule has 0 aliphatic carbocycles. The van der Waals surface area contributed by atoms with Gasteiger partial charge in [-0.3, -0.25) is 0 Å². The molecule has 2 aromatic carbocycles. The van der Waals surface area contributed by atoms with Gasteiger partial charge in [0.15, 0.2) is 0 Å². The van der Waals surface area contributed by atoms with Crippen LogP contribution in [0.15, 0.2) is 42.5 Å². The average molecular weight is 327 g/mol. The number of benzene rings is 2. The third-order valence-corrected chi connectivity index (χ3v) is 3.46. The molecule has 0 saturated carbocycles. The van der Waals surface area contributed by atoms with Crippen LogP contribution in [0.3, 0.4) is 0 Å². The molecule has 0 aliphatic heterocycles. The maximum atomic E-state index is 6.02. The number of hydrogen-bond donors (Lipinski definition) is 0. The standard InChI is InChI=1S/C16H16Cl2O3/c1-2-19-12-6-8-13(9-7-12)20-10-11-21-15-5-3-4-14(17)16(15)18/h3-9H,2,10-11H2,1H3. The van der Waals surface area contributed by atoms with E-state index in [-0.39, 0.29) is 0 Å². The molecule has 0 bridgehead atoms. The molecule has 0 amide bonds. The maximum Gasteiger partial charge on any atom is 0.139 e. The summed E-state index contributed by atoms with van der Waals surface area (Å²) in [7, 11) is 0. The monoisotopic (exact) mass is 326 g/mol. The van der Waals surface area contributed by atoms with E-state index in [9.17, 15) is 0 Å². The Balaban J connectivity index is 1.78. The summed E-state index contributed by atoms with van der Waals surface area (Å²) < 4.78 is 16.5. The summed E-state index contributed by atoms with van der Waals surface area (Å²) in [4.78, 5) is 0. The van der Waals surface area contributed by atoms with Crippen LogP contribution in [0.4, 0.5) is 0 Å². The molecule has 0 aromatic heterocycles. The van der Waals surface area contributed by atoms with Gasteiger partial charge in [-0.25, -0.2) is 0 Å². The van der Waals surface area contributed by atoms with Crippen molar-refractivity contribution in [3.05, 3.63) is 52.5 Å². The third-order valence-electron chi connectivity index (χ3n) is 2.66. The van der Waals surface area contributed by atoms with Crippen LogP contribution < -0.4 is 14.2 Å². The first-order chi connectivity index (χ1) is 10.2. The van der Waals surface area contributed by atoms with Crippen LogP contribution in [-0.2, 0) is 0 Å². The third kappa shape index (κ3) is 4.73. The molecule has 3 nitrogen and oxygen atoms in total. The molecule has 0 fully saturated rings. The summed E-state index contributed by atoms with van der Waals surface area (Å²) in [6.45, 7) is 3.39. The molecule has 0 spiro atoms. The zero-order chi connectivity index (χ0) is 15.1. The molecule has 0 aliphatic rings. The predicted molar refractivity (Wildman–Crippen MR) is 85.1 cm³/mol. The second-order valence-corrected chi connectivity index (χ2v) is 4.94. The quantitative estimate of drug-likeness (QED) is 0.681. The zero-order valence-corrected chi connectivity index (χ0v) is 13.2. The highest BCUT2D eigenvalue weighted by molar-refractivity contribution is 6.42. The highest BCUT2D eigenvalue weighted by atomic mass is 35.5. The van der Waals surface area contributed by atoms with Crippen LogP contribution in [0.1, 0.15) is 6.92 Å². The lowest BCUT2D eigenvalue weighted by molar-refractivity contribution is 0.217. The van der Waals surface area contributed by atoms with Gasteiger partial charge in [0.2, 0.25) is 0 Å². The minimum atomic E-state index is 0.382. The Labute approximate surface area is 134 Å². The fourth-order valence-corrected chi connectivity index (χ4v) is 2.05. The van der Waals surface area contributed by atoms with Gasteiger partial charge in [0.1, 0.15) is 35.5 Å². The van der Waals surface area contributed by atoms with Crippen molar-refractivity contribution in [3.63, 3.8) is 0 Å². The molecule has 0 N–H and O–H groups in total. The fourth-order valence-electron chi connectivity index (χ4n) is 1.71. The van der Waals surface area contributed by atoms with E-state index in [1.54, 1.807) is 18.2 Å². The van der Waals surface area contributed by atoms with Gasteiger partial charge < -0.3 is 14.2 Å². The molecule has 0 radical (unpaired) electrons. The van der Waals surface area contributed by atoms with E-state index < -0.39 is 0 Å². The van der Waals surface area contributed by atoms with E-state index in [0.29, 0.717) is 35.6 Å². The molecule has 112 valence electrons. The smallest absolute Gasteiger partial charge is 0.139 e. The molecule has 0 unspecified atom stereocenters. The SMILES string of the molecule is CCOc1ccc(OCCOc2cccc(Cl)c2Cl)cc1. The topological polar surface area (TPSA) is 27.7 Å². The molecule has 2 aromatic rings. The van der Waals surface area contributed by atoms with Gasteiger partial charge in [0.25, 0.3) is 0 Å². The summed E-state index contributed by atoms with van der Waals surface area (Å²) in [5.41, 5.74) is 0. The Kier molecular flexibility index (Phi) is 6.03. The first kappa shape index (κ1) is 15.8. The maximum absolute atomic E-state index is 6.02. The van der Waals surface area contributed by atoms with Crippen LogP contribution in [0.25, 0.3) is 0 Å². The highest BCUT2D eigenvalue weighted by Crippen LogP contribution is 2.31. The molecule has 21 heavy (non-hydrogen) atoms. The Morgan fingerprint density at radius 1 is 0.810 bits per heavy atom. The lowest BCUT2D eigenvalue weighted by Crippen LogP contribution is -2.09. The van der Waals surface area contributed by atoms with Crippen molar-refractivity contribution in [2.24, 2.45) is 0 Å². The number of rotatable bonds is 7. The van der Waals surface area contributed by atoms with E-state index in [1.807, 2.05) is 31.2 Å². The second-order valence-electron chi connectivity index (χ2n) is 4.15. The fraction of sp³-hybridized carbons (Fsp3) is 0.250. The molecule has 0 atom stereocenters. The van der Waals surface area contributed by atoms with Crippen molar-refractivity contribution in [2.45, 2.75) is 6.92 Å². The molecular weight excluding hydrogens is 311 g/mol. The van der Waals surface area contributed by atoms with Crippen LogP contribution in [0.2, 0.25) is 10.0 Å². The van der Waals surface area contributed by atoms with Crippen LogP contribution in [0, 0.1) is 0 Å². The van der Waals surface area contributed by atoms with Crippen molar-refractivity contribution in [3.8, 4) is 17.2 Å². The Bertz CT molecular complexity index is 570. The molecule has 2 rings (SSSR count). The Hall–Kier alpha value is -1.58. The highest BCUT2D eigenvalue weighted by Gasteiger charge is 2.05. The van der Waals surface area contributed by atoms with Gasteiger partial charge in [0.05, 0.1) is 11.6 Å². The van der Waals surface area contributed by atoms with Gasteiger partial charge in [0, 0.05) is 0 Å². The van der Waals surface area contributed by atoms with Gasteiger partial charge in [-0.05, 0) is 43.3 Å². The van der Waals surface area contributed by atoms with Crippen molar-refractivity contribution < 1.29 is 14.2 Å². The van der Waals surface area contributed by atoms with Gasteiger partial charge in [-0.2, -0.15) is 0 Å². The minimum Gasteiger partial charge on any atom is -0.494 e. The van der Waals surface area contributed by atoms with Crippen molar-refractivity contribution in [2.75, 3.05) is 19.8 Å². The molecule has 0 heterocycles. The first-order valence-corrected chi connectivity index (χ1v) is 7.38.